The van der Waals surface area contributed by atoms with Gasteiger partial charge < -0.3 is 20.8 Å². The third kappa shape index (κ3) is 8.98. The molecule has 240 valence electrons. The molecule has 0 unspecified atom stereocenters. The molecule has 9 nitrogen and oxygen atoms in total. The van der Waals surface area contributed by atoms with Gasteiger partial charge in [-0.1, -0.05) is 74.5 Å². The smallest absolute Gasteiger partial charge is 0.238 e. The Morgan fingerprint density at radius 1 is 1.00 bits per heavy atom. The van der Waals surface area contributed by atoms with E-state index < -0.39 is 30.2 Å². The molecule has 2 heterocycles. The minimum Gasteiger partial charge on any atom is -0.392 e. The van der Waals surface area contributed by atoms with Crippen molar-refractivity contribution in [3.8, 4) is 0 Å². The number of carbonyl (C=O) groups is 2. The number of nitrogens with zero attached hydrogens (tertiary/aromatic N) is 3. The molecule has 45 heavy (non-hydrogen) atoms. The predicted octanol–water partition coefficient (Wildman–Crippen LogP) is 2.72. The number of fused-ring (bicyclic) bond motifs is 1. The normalized spacial score (nSPS) is 21.7. The number of aliphatic hydroxyl groups is 2. The molecule has 1 aliphatic carbocycles. The molecule has 9 heteroatoms. The first-order chi connectivity index (χ1) is 21.8. The summed E-state index contributed by atoms with van der Waals surface area (Å²) in [4.78, 5) is 35.8. The van der Waals surface area contributed by atoms with E-state index in [1.807, 2.05) is 72.9 Å². The molecule has 2 amide bonds. The van der Waals surface area contributed by atoms with Gasteiger partial charge in [0, 0.05) is 64.0 Å². The Hall–Kier alpha value is -3.63. The van der Waals surface area contributed by atoms with Crippen LogP contribution in [0.5, 0.6) is 0 Å². The van der Waals surface area contributed by atoms with Crippen molar-refractivity contribution in [2.45, 2.75) is 63.9 Å². The first kappa shape index (κ1) is 32.8. The molecule has 2 aromatic carbocycles. The summed E-state index contributed by atoms with van der Waals surface area (Å²) in [7, 11) is 0. The third-order valence-corrected chi connectivity index (χ3v) is 8.89. The fourth-order valence-corrected chi connectivity index (χ4v) is 6.53. The van der Waals surface area contributed by atoms with Gasteiger partial charge in [-0.15, -0.1) is 0 Å². The van der Waals surface area contributed by atoms with E-state index in [0.29, 0.717) is 44.9 Å². The number of carbonyl (C=O) groups excluding carboxylic acids is 2. The number of β-amino-alcohol motifs (C(OH)–C–C–N with tert-alkyl or cyclic N) is 1. The number of hydrogen-bond acceptors (Lipinski definition) is 7. The largest absolute Gasteiger partial charge is 0.392 e. The summed E-state index contributed by atoms with van der Waals surface area (Å²) in [5.41, 5.74) is 4.08. The SMILES string of the molecule is CC(C)CNC(=O)[C@@H]1CN(Cc2cccnc2)CCN1C[C@@H](O)C[C@@H](Cc1ccccc1)C(=O)N[C@H]1c2ccccc2C[C@H]1O. The summed E-state index contributed by atoms with van der Waals surface area (Å²) >= 11 is 0. The number of pyridine rings is 1. The van der Waals surface area contributed by atoms with E-state index >= 15 is 0 Å². The lowest BCUT2D eigenvalue weighted by molar-refractivity contribution is -0.131. The summed E-state index contributed by atoms with van der Waals surface area (Å²) in [6, 6.07) is 20.7. The van der Waals surface area contributed by atoms with Crippen LogP contribution < -0.4 is 10.6 Å². The van der Waals surface area contributed by atoms with Crippen molar-refractivity contribution in [2.75, 3.05) is 32.7 Å². The Labute approximate surface area is 266 Å². The maximum atomic E-state index is 13.8. The van der Waals surface area contributed by atoms with Crippen molar-refractivity contribution in [1.82, 2.24) is 25.4 Å². The van der Waals surface area contributed by atoms with Crippen molar-refractivity contribution < 1.29 is 19.8 Å². The van der Waals surface area contributed by atoms with Crippen LogP contribution in [0.3, 0.4) is 0 Å². The molecule has 5 atom stereocenters. The average Bonchev–Trinajstić information content (AvgIpc) is 3.35. The van der Waals surface area contributed by atoms with Crippen molar-refractivity contribution in [2.24, 2.45) is 11.8 Å². The Kier molecular flexibility index (Phi) is 11.3. The molecule has 0 saturated carbocycles. The second-order valence-corrected chi connectivity index (χ2v) is 13.0. The minimum absolute atomic E-state index is 0.0424. The van der Waals surface area contributed by atoms with Crippen LogP contribution in [0.25, 0.3) is 0 Å². The number of hydrogen-bond donors (Lipinski definition) is 4. The standard InChI is InChI=1S/C36H47N5O4/c1-25(2)20-38-36(45)32-24-40(22-27-11-8-14-37-21-27)15-16-41(32)23-30(42)18-29(17-26-9-4-3-5-10-26)35(44)39-34-31-13-7-6-12-28(31)19-33(34)43/h3-14,21,25,29-30,32-34,42-43H,15-20,22-24H2,1-2H3,(H,38,45)(H,39,44)/t29-,30+,32+,33-,34+/m1/s1. The van der Waals surface area contributed by atoms with Gasteiger partial charge >= 0.3 is 0 Å². The number of benzene rings is 2. The van der Waals surface area contributed by atoms with E-state index in [-0.39, 0.29) is 24.8 Å². The monoisotopic (exact) mass is 613 g/mol. The van der Waals surface area contributed by atoms with E-state index in [9.17, 15) is 19.8 Å². The zero-order valence-electron chi connectivity index (χ0n) is 26.4. The molecule has 1 saturated heterocycles. The number of piperazine rings is 1. The summed E-state index contributed by atoms with van der Waals surface area (Å²) in [6.07, 6.45) is 3.29. The lowest BCUT2D eigenvalue weighted by Crippen LogP contribution is -2.60. The Morgan fingerprint density at radius 2 is 1.76 bits per heavy atom. The fraction of sp³-hybridized carbons (Fsp3) is 0.472. The molecule has 3 aromatic rings. The van der Waals surface area contributed by atoms with E-state index in [2.05, 4.69) is 39.3 Å². The van der Waals surface area contributed by atoms with Gasteiger partial charge in [-0.3, -0.25) is 24.4 Å². The van der Waals surface area contributed by atoms with E-state index in [4.69, 9.17) is 0 Å². The highest BCUT2D eigenvalue weighted by Crippen LogP contribution is 2.32. The van der Waals surface area contributed by atoms with E-state index in [1.54, 1.807) is 6.20 Å². The van der Waals surface area contributed by atoms with Crippen LogP contribution in [0.1, 0.15) is 48.6 Å². The molecule has 1 fully saturated rings. The second-order valence-electron chi connectivity index (χ2n) is 13.0. The van der Waals surface area contributed by atoms with Crippen LogP contribution in [0.15, 0.2) is 79.1 Å². The third-order valence-electron chi connectivity index (χ3n) is 8.89. The van der Waals surface area contributed by atoms with E-state index in [0.717, 1.165) is 28.8 Å². The summed E-state index contributed by atoms with van der Waals surface area (Å²) in [5, 5.41) is 28.5. The molecule has 4 N–H and O–H groups in total. The molecule has 1 aromatic heterocycles. The summed E-state index contributed by atoms with van der Waals surface area (Å²) in [5.74, 6) is -0.418. The molecular weight excluding hydrogens is 566 g/mol. The van der Waals surface area contributed by atoms with Crippen LogP contribution >= 0.6 is 0 Å². The van der Waals surface area contributed by atoms with Crippen LogP contribution in [-0.4, -0.2) is 87.8 Å². The molecule has 2 aliphatic rings. The fourth-order valence-electron chi connectivity index (χ4n) is 6.53. The van der Waals surface area contributed by atoms with Crippen LogP contribution in [0.4, 0.5) is 0 Å². The predicted molar refractivity (Wildman–Crippen MR) is 174 cm³/mol. The Balaban J connectivity index is 1.27. The molecule has 0 radical (unpaired) electrons. The van der Waals surface area contributed by atoms with Gasteiger partial charge in [-0.05, 0) is 47.1 Å². The van der Waals surface area contributed by atoms with Crippen LogP contribution in [-0.2, 0) is 29.0 Å². The van der Waals surface area contributed by atoms with Gasteiger partial charge in [0.15, 0.2) is 0 Å². The highest BCUT2D eigenvalue weighted by Gasteiger charge is 2.36. The van der Waals surface area contributed by atoms with Gasteiger partial charge in [0.05, 0.1) is 18.2 Å². The Morgan fingerprint density at radius 3 is 2.51 bits per heavy atom. The lowest BCUT2D eigenvalue weighted by Gasteiger charge is -2.41. The van der Waals surface area contributed by atoms with Gasteiger partial charge in [0.2, 0.25) is 11.8 Å². The molecule has 5 rings (SSSR count). The van der Waals surface area contributed by atoms with Crippen molar-refractivity contribution in [3.05, 3.63) is 101 Å². The number of aliphatic hydroxyl groups excluding tert-OH is 2. The maximum absolute atomic E-state index is 13.8. The van der Waals surface area contributed by atoms with Gasteiger partial charge in [-0.25, -0.2) is 0 Å². The topological polar surface area (TPSA) is 118 Å². The second kappa shape index (κ2) is 15.6. The van der Waals surface area contributed by atoms with Crippen molar-refractivity contribution >= 4 is 11.8 Å². The first-order valence-electron chi connectivity index (χ1n) is 16.2. The van der Waals surface area contributed by atoms with Crippen molar-refractivity contribution in [3.63, 3.8) is 0 Å². The highest BCUT2D eigenvalue weighted by molar-refractivity contribution is 5.82. The number of aromatic nitrogens is 1. The summed E-state index contributed by atoms with van der Waals surface area (Å²) in [6.45, 7) is 7.63. The number of amides is 2. The van der Waals surface area contributed by atoms with Crippen molar-refractivity contribution in [1.29, 1.82) is 0 Å². The van der Waals surface area contributed by atoms with Crippen LogP contribution in [0.2, 0.25) is 0 Å². The zero-order chi connectivity index (χ0) is 31.8. The molecule has 0 spiro atoms. The summed E-state index contributed by atoms with van der Waals surface area (Å²) < 4.78 is 0. The van der Waals surface area contributed by atoms with Gasteiger partial charge in [0.25, 0.3) is 0 Å². The zero-order valence-corrected chi connectivity index (χ0v) is 26.4. The quantitative estimate of drug-likeness (QED) is 0.234. The molecule has 0 bridgehead atoms. The minimum atomic E-state index is -0.824. The number of rotatable bonds is 13. The molecule has 1 aliphatic heterocycles. The van der Waals surface area contributed by atoms with Crippen LogP contribution in [0, 0.1) is 11.8 Å². The Bertz CT molecular complexity index is 1390. The van der Waals surface area contributed by atoms with Gasteiger partial charge in [0.1, 0.15) is 6.04 Å². The van der Waals surface area contributed by atoms with E-state index in [1.165, 1.54) is 0 Å². The highest BCUT2D eigenvalue weighted by atomic mass is 16.3. The van der Waals surface area contributed by atoms with Gasteiger partial charge in [-0.2, -0.15) is 0 Å². The molecular formula is C36H47N5O4. The average molecular weight is 614 g/mol. The lowest BCUT2D eigenvalue weighted by atomic mass is 9.91. The first-order valence-corrected chi connectivity index (χ1v) is 16.2. The number of nitrogens with one attached hydrogen (secondary N) is 2. The maximum Gasteiger partial charge on any atom is 0.238 e.